The van der Waals surface area contributed by atoms with E-state index >= 15 is 0 Å². The number of hydrogen-bond donors (Lipinski definition) is 1. The molecule has 0 aliphatic heterocycles. The van der Waals surface area contributed by atoms with E-state index in [0.29, 0.717) is 5.56 Å². The lowest BCUT2D eigenvalue weighted by Gasteiger charge is -2.01. The van der Waals surface area contributed by atoms with E-state index in [-0.39, 0.29) is 11.6 Å². The Morgan fingerprint density at radius 1 is 1.04 bits per heavy atom. The van der Waals surface area contributed by atoms with E-state index < -0.39 is 0 Å². The molecule has 3 nitrogen and oxygen atoms in total. The first kappa shape index (κ1) is 15.9. The highest BCUT2D eigenvalue weighted by molar-refractivity contribution is 6.06. The number of aromatic amines is 1. The zero-order valence-electron chi connectivity index (χ0n) is 13.5. The molecule has 0 aliphatic rings. The third kappa shape index (κ3) is 3.49. The first-order valence-electron chi connectivity index (χ1n) is 7.64. The molecule has 4 heteroatoms. The number of hydrogen-bond acceptors (Lipinski definition) is 2. The molecule has 0 aliphatic carbocycles. The maximum Gasteiger partial charge on any atom is 0.185 e. The van der Waals surface area contributed by atoms with Crippen molar-refractivity contribution in [3.05, 3.63) is 82.8 Å². The second-order valence-electron chi connectivity index (χ2n) is 5.71. The molecule has 0 spiro atoms. The molecule has 0 saturated heterocycles. The van der Waals surface area contributed by atoms with Gasteiger partial charge in [0.25, 0.3) is 0 Å². The van der Waals surface area contributed by atoms with Gasteiger partial charge in [-0.1, -0.05) is 12.1 Å². The molecule has 0 bridgehead atoms. The van der Waals surface area contributed by atoms with Crippen LogP contribution in [0.1, 0.15) is 27.2 Å². The van der Waals surface area contributed by atoms with E-state index in [0.717, 1.165) is 17.0 Å². The minimum Gasteiger partial charge on any atom is -0.289 e. The van der Waals surface area contributed by atoms with Crippen LogP contribution in [0.15, 0.2) is 54.6 Å². The number of carbonyl (C=O) groups is 1. The molecule has 24 heavy (non-hydrogen) atoms. The molecule has 3 aromatic rings. The molecule has 120 valence electrons. The highest BCUT2D eigenvalue weighted by Gasteiger charge is 2.05. The van der Waals surface area contributed by atoms with Crippen molar-refractivity contribution in [2.24, 2.45) is 0 Å². The molecule has 0 fully saturated rings. The van der Waals surface area contributed by atoms with Gasteiger partial charge in [-0.05, 0) is 73.5 Å². The van der Waals surface area contributed by atoms with Crippen LogP contribution in [0.3, 0.4) is 0 Å². The van der Waals surface area contributed by atoms with Gasteiger partial charge in [-0.25, -0.2) is 4.39 Å². The van der Waals surface area contributed by atoms with Crippen molar-refractivity contribution in [2.45, 2.75) is 13.8 Å². The molecule has 0 atom stereocenters. The SMILES string of the molecule is Cc1ccc(-c2cc(C=CC(=O)c3ccc(F)cc3)[nH]n2)cc1C. The van der Waals surface area contributed by atoms with Gasteiger partial charge in [0.1, 0.15) is 5.82 Å². The van der Waals surface area contributed by atoms with E-state index in [4.69, 9.17) is 0 Å². The summed E-state index contributed by atoms with van der Waals surface area (Å²) in [6.07, 6.45) is 3.12. The topological polar surface area (TPSA) is 45.8 Å². The molecule has 0 radical (unpaired) electrons. The second-order valence-corrected chi connectivity index (χ2v) is 5.71. The molecular formula is C20H17FN2O. The summed E-state index contributed by atoms with van der Waals surface area (Å²) in [6, 6.07) is 13.5. The van der Waals surface area contributed by atoms with E-state index in [2.05, 4.69) is 36.2 Å². The number of aromatic nitrogens is 2. The summed E-state index contributed by atoms with van der Waals surface area (Å²) in [5.41, 5.74) is 5.48. The van der Waals surface area contributed by atoms with Gasteiger partial charge >= 0.3 is 0 Å². The Morgan fingerprint density at radius 2 is 1.79 bits per heavy atom. The minimum absolute atomic E-state index is 0.183. The number of rotatable bonds is 4. The lowest BCUT2D eigenvalue weighted by molar-refractivity contribution is 0.104. The second kappa shape index (κ2) is 6.62. The zero-order valence-corrected chi connectivity index (χ0v) is 13.5. The minimum atomic E-state index is -0.359. The first-order valence-corrected chi connectivity index (χ1v) is 7.64. The number of nitrogens with zero attached hydrogens (tertiary/aromatic N) is 1. The van der Waals surface area contributed by atoms with Gasteiger partial charge in [-0.2, -0.15) is 5.10 Å². The normalized spacial score (nSPS) is 11.1. The van der Waals surface area contributed by atoms with Crippen molar-refractivity contribution in [3.8, 4) is 11.3 Å². The van der Waals surface area contributed by atoms with E-state index in [1.807, 2.05) is 12.1 Å². The van der Waals surface area contributed by atoms with Gasteiger partial charge < -0.3 is 0 Å². The maximum atomic E-state index is 12.9. The van der Waals surface area contributed by atoms with Crippen LogP contribution in [-0.2, 0) is 0 Å². The number of benzene rings is 2. The Bertz CT molecular complexity index is 908. The average molecular weight is 320 g/mol. The summed E-state index contributed by atoms with van der Waals surface area (Å²) in [5, 5.41) is 7.19. The van der Waals surface area contributed by atoms with Crippen LogP contribution in [0, 0.1) is 19.7 Å². The molecule has 0 saturated carbocycles. The smallest absolute Gasteiger partial charge is 0.185 e. The average Bonchev–Trinajstić information content (AvgIpc) is 3.05. The first-order chi connectivity index (χ1) is 11.5. The van der Waals surface area contributed by atoms with Crippen molar-refractivity contribution >= 4 is 11.9 Å². The Morgan fingerprint density at radius 3 is 2.50 bits per heavy atom. The molecule has 0 amide bonds. The van der Waals surface area contributed by atoms with Crippen LogP contribution in [0.25, 0.3) is 17.3 Å². The molecular weight excluding hydrogens is 303 g/mol. The number of H-pyrrole nitrogens is 1. The van der Waals surface area contributed by atoms with Gasteiger partial charge in [0.05, 0.1) is 11.4 Å². The number of nitrogens with one attached hydrogen (secondary N) is 1. The predicted molar refractivity (Wildman–Crippen MR) is 93.3 cm³/mol. The summed E-state index contributed by atoms with van der Waals surface area (Å²) in [5.74, 6) is -0.542. The number of aryl methyl sites for hydroxylation is 2. The van der Waals surface area contributed by atoms with Crippen LogP contribution in [0.2, 0.25) is 0 Å². The van der Waals surface area contributed by atoms with Gasteiger partial charge in [-0.15, -0.1) is 0 Å². The fraction of sp³-hybridized carbons (Fsp3) is 0.100. The van der Waals surface area contributed by atoms with Crippen LogP contribution in [-0.4, -0.2) is 16.0 Å². The fourth-order valence-corrected chi connectivity index (χ4v) is 2.35. The van der Waals surface area contributed by atoms with Crippen molar-refractivity contribution in [2.75, 3.05) is 0 Å². The molecule has 3 rings (SSSR count). The predicted octanol–water partition coefficient (Wildman–Crippen LogP) is 4.73. The van der Waals surface area contributed by atoms with Crippen molar-refractivity contribution in [1.82, 2.24) is 10.2 Å². The maximum absolute atomic E-state index is 12.9. The molecule has 1 N–H and O–H groups in total. The van der Waals surface area contributed by atoms with Crippen molar-refractivity contribution in [3.63, 3.8) is 0 Å². The summed E-state index contributed by atoms with van der Waals surface area (Å²) in [6.45, 7) is 4.13. The van der Waals surface area contributed by atoms with E-state index in [1.54, 1.807) is 6.08 Å². The Hall–Kier alpha value is -3.01. The summed E-state index contributed by atoms with van der Waals surface area (Å²) in [4.78, 5) is 12.0. The van der Waals surface area contributed by atoms with E-state index in [1.165, 1.54) is 41.5 Å². The van der Waals surface area contributed by atoms with E-state index in [9.17, 15) is 9.18 Å². The summed E-state index contributed by atoms with van der Waals surface area (Å²) in [7, 11) is 0. The highest BCUT2D eigenvalue weighted by Crippen LogP contribution is 2.21. The standard InChI is InChI=1S/C20H17FN2O/c1-13-3-4-16(11-14(13)2)19-12-18(22-23-19)9-10-20(24)15-5-7-17(21)8-6-15/h3-12H,1-2H3,(H,22,23). The number of halogens is 1. The Kier molecular flexibility index (Phi) is 4.38. The number of carbonyl (C=O) groups excluding carboxylic acids is 1. The van der Waals surface area contributed by atoms with Gasteiger partial charge in [0.2, 0.25) is 0 Å². The monoisotopic (exact) mass is 320 g/mol. The Labute approximate surface area is 139 Å². The molecule has 1 heterocycles. The number of ketones is 1. The van der Waals surface area contributed by atoms with Crippen molar-refractivity contribution in [1.29, 1.82) is 0 Å². The molecule has 1 aromatic heterocycles. The third-order valence-electron chi connectivity index (χ3n) is 3.94. The summed E-state index contributed by atoms with van der Waals surface area (Å²) >= 11 is 0. The highest BCUT2D eigenvalue weighted by atomic mass is 19.1. The number of allylic oxidation sites excluding steroid dienone is 1. The fourth-order valence-electron chi connectivity index (χ4n) is 2.35. The van der Waals surface area contributed by atoms with Gasteiger partial charge in [0, 0.05) is 11.1 Å². The third-order valence-corrected chi connectivity index (χ3v) is 3.94. The van der Waals surface area contributed by atoms with Crippen LogP contribution in [0.5, 0.6) is 0 Å². The van der Waals surface area contributed by atoms with Crippen LogP contribution < -0.4 is 0 Å². The quantitative estimate of drug-likeness (QED) is 0.558. The lowest BCUT2D eigenvalue weighted by atomic mass is 10.0. The van der Waals surface area contributed by atoms with Gasteiger partial charge in [-0.3, -0.25) is 9.89 Å². The molecule has 2 aromatic carbocycles. The molecule has 0 unspecified atom stereocenters. The van der Waals surface area contributed by atoms with Crippen LogP contribution >= 0.6 is 0 Å². The van der Waals surface area contributed by atoms with Gasteiger partial charge in [0.15, 0.2) is 5.78 Å². The largest absolute Gasteiger partial charge is 0.289 e. The summed E-state index contributed by atoms with van der Waals surface area (Å²) < 4.78 is 12.9. The van der Waals surface area contributed by atoms with Crippen LogP contribution in [0.4, 0.5) is 4.39 Å². The lowest BCUT2D eigenvalue weighted by Crippen LogP contribution is -1.93. The zero-order chi connectivity index (χ0) is 17.1. The van der Waals surface area contributed by atoms with Crippen molar-refractivity contribution < 1.29 is 9.18 Å². The Balaban J connectivity index is 1.77.